The van der Waals surface area contributed by atoms with E-state index < -0.39 is 0 Å². The first-order valence-electron chi connectivity index (χ1n) is 7.44. The number of nitrogens with zero attached hydrogens (tertiary/aromatic N) is 2. The summed E-state index contributed by atoms with van der Waals surface area (Å²) >= 11 is 0. The number of urea groups is 1. The molecule has 0 aromatic rings. The van der Waals surface area contributed by atoms with Crippen molar-refractivity contribution in [1.82, 2.24) is 15.1 Å². The van der Waals surface area contributed by atoms with Gasteiger partial charge < -0.3 is 19.9 Å². The molecule has 6 heteroatoms. The summed E-state index contributed by atoms with van der Waals surface area (Å²) in [5, 5.41) is 2.86. The molecular weight excluding hydrogens is 258 g/mol. The van der Waals surface area contributed by atoms with Gasteiger partial charge >= 0.3 is 6.03 Å². The van der Waals surface area contributed by atoms with Crippen molar-refractivity contribution in [2.45, 2.75) is 26.7 Å². The van der Waals surface area contributed by atoms with Gasteiger partial charge in [0, 0.05) is 45.8 Å². The van der Waals surface area contributed by atoms with E-state index in [0.29, 0.717) is 26.2 Å². The van der Waals surface area contributed by atoms with Crippen LogP contribution in [0.25, 0.3) is 0 Å². The molecule has 1 aliphatic heterocycles. The third kappa shape index (κ3) is 4.67. The van der Waals surface area contributed by atoms with Crippen molar-refractivity contribution >= 4 is 11.9 Å². The molecule has 3 amide bonds. The lowest BCUT2D eigenvalue weighted by atomic mass is 9.96. The minimum Gasteiger partial charge on any atom is -0.383 e. The fraction of sp³-hybridized carbons (Fsp3) is 0.857. The molecular formula is C14H27N3O3. The van der Waals surface area contributed by atoms with Gasteiger partial charge in [0.25, 0.3) is 0 Å². The second-order valence-electron chi connectivity index (χ2n) is 5.00. The van der Waals surface area contributed by atoms with Gasteiger partial charge in [-0.05, 0) is 26.7 Å². The predicted molar refractivity (Wildman–Crippen MR) is 77.5 cm³/mol. The van der Waals surface area contributed by atoms with Gasteiger partial charge in [0.05, 0.1) is 6.61 Å². The number of carbonyl (C=O) groups excluding carboxylic acids is 2. The topological polar surface area (TPSA) is 61.9 Å². The van der Waals surface area contributed by atoms with Gasteiger partial charge in [-0.2, -0.15) is 0 Å². The Morgan fingerprint density at radius 3 is 2.35 bits per heavy atom. The summed E-state index contributed by atoms with van der Waals surface area (Å²) in [5.41, 5.74) is 0. The SMILES string of the molecule is CCN(CC)C(=O)N1CCC(C(=O)NCCOC)CC1. The summed E-state index contributed by atoms with van der Waals surface area (Å²) in [7, 11) is 1.61. The third-order valence-corrected chi connectivity index (χ3v) is 3.78. The van der Waals surface area contributed by atoms with Crippen LogP contribution in [-0.4, -0.2) is 68.2 Å². The van der Waals surface area contributed by atoms with E-state index in [1.807, 2.05) is 23.6 Å². The summed E-state index contributed by atoms with van der Waals surface area (Å²) in [4.78, 5) is 27.8. The molecule has 0 aromatic heterocycles. The maximum absolute atomic E-state index is 12.2. The highest BCUT2D eigenvalue weighted by Gasteiger charge is 2.28. The molecule has 1 heterocycles. The highest BCUT2D eigenvalue weighted by atomic mass is 16.5. The zero-order valence-electron chi connectivity index (χ0n) is 12.9. The minimum atomic E-state index is 0.0209. The Bertz CT molecular complexity index is 311. The Labute approximate surface area is 121 Å². The molecule has 0 saturated carbocycles. The fourth-order valence-electron chi connectivity index (χ4n) is 2.45. The van der Waals surface area contributed by atoms with Crippen LogP contribution >= 0.6 is 0 Å². The molecule has 116 valence electrons. The quantitative estimate of drug-likeness (QED) is 0.738. The number of rotatable bonds is 6. The standard InChI is InChI=1S/C14H27N3O3/c1-4-16(5-2)14(19)17-9-6-12(7-10-17)13(18)15-8-11-20-3/h12H,4-11H2,1-3H3,(H,15,18). The molecule has 0 aliphatic carbocycles. The summed E-state index contributed by atoms with van der Waals surface area (Å²) in [6, 6.07) is 0.0910. The van der Waals surface area contributed by atoms with E-state index >= 15 is 0 Å². The summed E-state index contributed by atoms with van der Waals surface area (Å²) in [6.45, 7) is 7.84. The van der Waals surface area contributed by atoms with Crippen LogP contribution in [-0.2, 0) is 9.53 Å². The van der Waals surface area contributed by atoms with E-state index in [0.717, 1.165) is 25.9 Å². The average Bonchev–Trinajstić information content (AvgIpc) is 2.48. The second kappa shape index (κ2) is 8.79. The molecule has 0 radical (unpaired) electrons. The van der Waals surface area contributed by atoms with Crippen molar-refractivity contribution in [2.24, 2.45) is 5.92 Å². The molecule has 0 atom stereocenters. The van der Waals surface area contributed by atoms with Gasteiger partial charge in [-0.25, -0.2) is 4.79 Å². The Balaban J connectivity index is 2.35. The first-order valence-corrected chi connectivity index (χ1v) is 7.44. The highest BCUT2D eigenvalue weighted by molar-refractivity contribution is 5.79. The van der Waals surface area contributed by atoms with E-state index in [2.05, 4.69) is 5.32 Å². The Morgan fingerprint density at radius 2 is 1.85 bits per heavy atom. The lowest BCUT2D eigenvalue weighted by molar-refractivity contribution is -0.126. The van der Waals surface area contributed by atoms with Crippen molar-refractivity contribution in [3.05, 3.63) is 0 Å². The van der Waals surface area contributed by atoms with Crippen LogP contribution in [0.15, 0.2) is 0 Å². The van der Waals surface area contributed by atoms with Gasteiger partial charge in [-0.15, -0.1) is 0 Å². The Morgan fingerprint density at radius 1 is 1.25 bits per heavy atom. The number of likely N-dealkylation sites (tertiary alicyclic amines) is 1. The van der Waals surface area contributed by atoms with E-state index in [1.54, 1.807) is 7.11 Å². The molecule has 0 bridgehead atoms. The van der Waals surface area contributed by atoms with Crippen molar-refractivity contribution in [3.63, 3.8) is 0 Å². The van der Waals surface area contributed by atoms with Gasteiger partial charge in [0.15, 0.2) is 0 Å². The summed E-state index contributed by atoms with van der Waals surface area (Å²) < 4.78 is 4.91. The normalized spacial score (nSPS) is 16.1. The van der Waals surface area contributed by atoms with Gasteiger partial charge in [0.2, 0.25) is 5.91 Å². The number of ether oxygens (including phenoxy) is 1. The van der Waals surface area contributed by atoms with Crippen LogP contribution in [0.3, 0.4) is 0 Å². The number of piperidine rings is 1. The van der Waals surface area contributed by atoms with E-state index in [1.165, 1.54) is 0 Å². The van der Waals surface area contributed by atoms with Gasteiger partial charge in [-0.1, -0.05) is 0 Å². The van der Waals surface area contributed by atoms with Crippen LogP contribution < -0.4 is 5.32 Å². The average molecular weight is 285 g/mol. The number of hydrogen-bond donors (Lipinski definition) is 1. The van der Waals surface area contributed by atoms with Crippen LogP contribution in [0.2, 0.25) is 0 Å². The molecule has 1 saturated heterocycles. The van der Waals surface area contributed by atoms with Gasteiger partial charge in [-0.3, -0.25) is 4.79 Å². The number of carbonyl (C=O) groups is 2. The zero-order chi connectivity index (χ0) is 15.0. The highest BCUT2D eigenvalue weighted by Crippen LogP contribution is 2.18. The lowest BCUT2D eigenvalue weighted by Crippen LogP contribution is -2.48. The number of amides is 3. The molecule has 1 N–H and O–H groups in total. The molecule has 1 rings (SSSR count). The number of nitrogens with one attached hydrogen (secondary N) is 1. The Kier molecular flexibility index (Phi) is 7.36. The van der Waals surface area contributed by atoms with Gasteiger partial charge in [0.1, 0.15) is 0 Å². The largest absolute Gasteiger partial charge is 0.383 e. The maximum atomic E-state index is 12.2. The summed E-state index contributed by atoms with van der Waals surface area (Å²) in [6.07, 6.45) is 1.48. The lowest BCUT2D eigenvalue weighted by Gasteiger charge is -2.34. The molecule has 1 aliphatic rings. The molecule has 6 nitrogen and oxygen atoms in total. The van der Waals surface area contributed by atoms with E-state index in [-0.39, 0.29) is 17.9 Å². The second-order valence-corrected chi connectivity index (χ2v) is 5.00. The number of methoxy groups -OCH3 is 1. The third-order valence-electron chi connectivity index (χ3n) is 3.78. The fourth-order valence-corrected chi connectivity index (χ4v) is 2.45. The molecule has 0 aromatic carbocycles. The van der Waals surface area contributed by atoms with Crippen LogP contribution in [0.5, 0.6) is 0 Å². The smallest absolute Gasteiger partial charge is 0.319 e. The van der Waals surface area contributed by atoms with E-state index in [9.17, 15) is 9.59 Å². The molecule has 0 unspecified atom stereocenters. The van der Waals surface area contributed by atoms with E-state index in [4.69, 9.17) is 4.74 Å². The first-order chi connectivity index (χ1) is 9.63. The first kappa shape index (κ1) is 16.8. The predicted octanol–water partition coefficient (Wildman–Crippen LogP) is 0.923. The van der Waals surface area contributed by atoms with Crippen molar-refractivity contribution in [2.75, 3.05) is 46.4 Å². The van der Waals surface area contributed by atoms with Crippen molar-refractivity contribution < 1.29 is 14.3 Å². The van der Waals surface area contributed by atoms with Crippen LogP contribution in [0.1, 0.15) is 26.7 Å². The summed E-state index contributed by atoms with van der Waals surface area (Å²) in [5.74, 6) is 0.101. The van der Waals surface area contributed by atoms with Crippen molar-refractivity contribution in [1.29, 1.82) is 0 Å². The maximum Gasteiger partial charge on any atom is 0.319 e. The Hall–Kier alpha value is -1.30. The molecule has 0 spiro atoms. The van der Waals surface area contributed by atoms with Crippen LogP contribution in [0, 0.1) is 5.92 Å². The molecule has 1 fully saturated rings. The molecule has 20 heavy (non-hydrogen) atoms. The monoisotopic (exact) mass is 285 g/mol. The minimum absolute atomic E-state index is 0.0209. The zero-order valence-corrected chi connectivity index (χ0v) is 12.9. The van der Waals surface area contributed by atoms with Crippen LogP contribution in [0.4, 0.5) is 4.79 Å². The van der Waals surface area contributed by atoms with Crippen molar-refractivity contribution in [3.8, 4) is 0 Å². The number of hydrogen-bond acceptors (Lipinski definition) is 3.